The van der Waals surface area contributed by atoms with Crippen LogP contribution in [0.3, 0.4) is 0 Å². The van der Waals surface area contributed by atoms with Gasteiger partial charge in [0.1, 0.15) is 6.54 Å². The Morgan fingerprint density at radius 1 is 1.37 bits per heavy atom. The summed E-state index contributed by atoms with van der Waals surface area (Å²) in [5.74, 6) is -1.21. The van der Waals surface area contributed by atoms with E-state index < -0.39 is 5.97 Å². The molecule has 0 aliphatic carbocycles. The fraction of sp³-hybridized carbons (Fsp3) is 0.571. The second-order valence-corrected chi connectivity index (χ2v) is 4.95. The molecular formula is C14H22N2O3. The zero-order chi connectivity index (χ0) is 14.7. The predicted octanol–water partition coefficient (Wildman–Crippen LogP) is 2.06. The summed E-state index contributed by atoms with van der Waals surface area (Å²) < 4.78 is 2.05. The van der Waals surface area contributed by atoms with Crippen molar-refractivity contribution >= 4 is 11.9 Å². The Kier molecular flexibility index (Phi) is 4.75. The van der Waals surface area contributed by atoms with Crippen molar-refractivity contribution in [1.29, 1.82) is 0 Å². The highest BCUT2D eigenvalue weighted by atomic mass is 16.4. The molecule has 0 radical (unpaired) electrons. The molecule has 0 fully saturated rings. The molecule has 1 heterocycles. The third-order valence-corrected chi connectivity index (χ3v) is 3.31. The van der Waals surface area contributed by atoms with Crippen molar-refractivity contribution in [2.75, 3.05) is 6.54 Å². The highest BCUT2D eigenvalue weighted by Crippen LogP contribution is 2.18. The number of aliphatic carboxylic acids is 1. The van der Waals surface area contributed by atoms with E-state index in [1.807, 2.05) is 45.3 Å². The molecular weight excluding hydrogens is 244 g/mol. The fourth-order valence-corrected chi connectivity index (χ4v) is 2.29. The molecule has 0 spiro atoms. The number of hydrogen-bond donors (Lipinski definition) is 1. The third kappa shape index (κ3) is 3.16. The van der Waals surface area contributed by atoms with Crippen molar-refractivity contribution in [3.63, 3.8) is 0 Å². The van der Waals surface area contributed by atoms with Crippen LogP contribution < -0.4 is 0 Å². The Hall–Kier alpha value is -1.78. The maximum atomic E-state index is 12.5. The number of aryl methyl sites for hydroxylation is 1. The quantitative estimate of drug-likeness (QED) is 0.887. The van der Waals surface area contributed by atoms with Crippen molar-refractivity contribution < 1.29 is 14.7 Å². The minimum atomic E-state index is -0.994. The summed E-state index contributed by atoms with van der Waals surface area (Å²) in [6, 6.07) is 1.69. The van der Waals surface area contributed by atoms with E-state index in [1.54, 1.807) is 0 Å². The summed E-state index contributed by atoms with van der Waals surface area (Å²) in [6.45, 7) is 10.0. The largest absolute Gasteiger partial charge is 0.480 e. The number of amides is 1. The van der Waals surface area contributed by atoms with E-state index in [4.69, 9.17) is 5.11 Å². The SMILES string of the molecule is CCn1c(C)cc(C(=O)N(CC(=O)O)C(C)C)c1C. The van der Waals surface area contributed by atoms with Crippen LogP contribution >= 0.6 is 0 Å². The molecule has 1 aromatic heterocycles. The van der Waals surface area contributed by atoms with Crippen LogP contribution in [0.25, 0.3) is 0 Å². The zero-order valence-corrected chi connectivity index (χ0v) is 12.2. The molecule has 5 nitrogen and oxygen atoms in total. The number of nitrogens with zero attached hydrogens (tertiary/aromatic N) is 2. The number of carbonyl (C=O) groups is 2. The van der Waals surface area contributed by atoms with E-state index in [1.165, 1.54) is 4.90 Å². The van der Waals surface area contributed by atoms with Gasteiger partial charge in [0.2, 0.25) is 0 Å². The van der Waals surface area contributed by atoms with Gasteiger partial charge in [0, 0.05) is 24.0 Å². The Bertz CT molecular complexity index is 489. The second kappa shape index (κ2) is 5.91. The van der Waals surface area contributed by atoms with Gasteiger partial charge in [-0.05, 0) is 40.7 Å². The monoisotopic (exact) mass is 266 g/mol. The van der Waals surface area contributed by atoms with Gasteiger partial charge in [-0.15, -0.1) is 0 Å². The van der Waals surface area contributed by atoms with Crippen LogP contribution in [-0.2, 0) is 11.3 Å². The molecule has 0 aliphatic heterocycles. The molecule has 0 saturated heterocycles. The van der Waals surface area contributed by atoms with Gasteiger partial charge in [-0.3, -0.25) is 9.59 Å². The topological polar surface area (TPSA) is 62.5 Å². The highest BCUT2D eigenvalue weighted by Gasteiger charge is 2.24. The molecule has 1 rings (SSSR count). The Morgan fingerprint density at radius 2 is 1.95 bits per heavy atom. The summed E-state index contributed by atoms with van der Waals surface area (Å²) >= 11 is 0. The molecule has 1 aromatic rings. The van der Waals surface area contributed by atoms with E-state index >= 15 is 0 Å². The normalized spacial score (nSPS) is 10.8. The van der Waals surface area contributed by atoms with Gasteiger partial charge in [0.25, 0.3) is 5.91 Å². The number of carboxylic acid groups (broad SMARTS) is 1. The molecule has 19 heavy (non-hydrogen) atoms. The van der Waals surface area contributed by atoms with Crippen LogP contribution in [0.15, 0.2) is 6.07 Å². The summed E-state index contributed by atoms with van der Waals surface area (Å²) in [5, 5.41) is 8.90. The molecule has 0 bridgehead atoms. The predicted molar refractivity (Wildman–Crippen MR) is 73.4 cm³/mol. The lowest BCUT2D eigenvalue weighted by molar-refractivity contribution is -0.138. The standard InChI is InChI=1S/C14H22N2O3/c1-6-15-10(4)7-12(11(15)5)14(19)16(9(2)3)8-13(17)18/h7,9H,6,8H2,1-5H3,(H,17,18). The van der Waals surface area contributed by atoms with Gasteiger partial charge in [0.15, 0.2) is 0 Å². The van der Waals surface area contributed by atoms with Crippen LogP contribution in [0.5, 0.6) is 0 Å². The van der Waals surface area contributed by atoms with E-state index in [0.29, 0.717) is 5.56 Å². The zero-order valence-electron chi connectivity index (χ0n) is 12.2. The molecule has 0 atom stereocenters. The average molecular weight is 266 g/mol. The maximum absolute atomic E-state index is 12.5. The molecule has 5 heteroatoms. The van der Waals surface area contributed by atoms with Crippen LogP contribution in [-0.4, -0.2) is 39.0 Å². The number of carboxylic acids is 1. The molecule has 0 saturated carbocycles. The third-order valence-electron chi connectivity index (χ3n) is 3.31. The summed E-state index contributed by atoms with van der Waals surface area (Å²) in [4.78, 5) is 24.7. The van der Waals surface area contributed by atoms with Crippen LogP contribution in [0, 0.1) is 13.8 Å². The van der Waals surface area contributed by atoms with Gasteiger partial charge in [-0.25, -0.2) is 0 Å². The lowest BCUT2D eigenvalue weighted by Crippen LogP contribution is -2.40. The van der Waals surface area contributed by atoms with Gasteiger partial charge < -0.3 is 14.6 Å². The minimum absolute atomic E-state index is 0.145. The number of hydrogen-bond acceptors (Lipinski definition) is 2. The number of rotatable bonds is 5. The van der Waals surface area contributed by atoms with Crippen molar-refractivity contribution in [3.05, 3.63) is 23.0 Å². The molecule has 1 amide bonds. The summed E-state index contributed by atoms with van der Waals surface area (Å²) in [7, 11) is 0. The van der Waals surface area contributed by atoms with Crippen molar-refractivity contribution in [2.45, 2.75) is 47.2 Å². The molecule has 0 aromatic carbocycles. The van der Waals surface area contributed by atoms with E-state index in [-0.39, 0.29) is 18.5 Å². The Morgan fingerprint density at radius 3 is 2.32 bits per heavy atom. The van der Waals surface area contributed by atoms with Gasteiger partial charge >= 0.3 is 5.97 Å². The smallest absolute Gasteiger partial charge is 0.323 e. The van der Waals surface area contributed by atoms with Gasteiger partial charge in [-0.1, -0.05) is 0 Å². The fourth-order valence-electron chi connectivity index (χ4n) is 2.29. The van der Waals surface area contributed by atoms with Crippen LogP contribution in [0.2, 0.25) is 0 Å². The summed E-state index contributed by atoms with van der Waals surface area (Å²) in [6.07, 6.45) is 0. The lowest BCUT2D eigenvalue weighted by Gasteiger charge is -2.24. The first-order valence-corrected chi connectivity index (χ1v) is 6.49. The Balaban J connectivity index is 3.13. The molecule has 0 unspecified atom stereocenters. The Labute approximate surface area is 113 Å². The lowest BCUT2D eigenvalue weighted by atomic mass is 10.2. The summed E-state index contributed by atoms with van der Waals surface area (Å²) in [5.41, 5.74) is 2.50. The van der Waals surface area contributed by atoms with E-state index in [2.05, 4.69) is 0 Å². The average Bonchev–Trinajstić information content (AvgIpc) is 2.60. The molecule has 106 valence electrons. The first kappa shape index (κ1) is 15.3. The van der Waals surface area contributed by atoms with Crippen LogP contribution in [0.1, 0.15) is 42.5 Å². The first-order valence-electron chi connectivity index (χ1n) is 6.49. The first-order chi connectivity index (χ1) is 8.79. The highest BCUT2D eigenvalue weighted by molar-refractivity contribution is 5.97. The number of carbonyl (C=O) groups excluding carboxylic acids is 1. The van der Waals surface area contributed by atoms with E-state index in [9.17, 15) is 9.59 Å². The van der Waals surface area contributed by atoms with Crippen molar-refractivity contribution in [2.24, 2.45) is 0 Å². The van der Waals surface area contributed by atoms with Crippen LogP contribution in [0.4, 0.5) is 0 Å². The van der Waals surface area contributed by atoms with Gasteiger partial charge in [-0.2, -0.15) is 0 Å². The van der Waals surface area contributed by atoms with Crippen molar-refractivity contribution in [3.8, 4) is 0 Å². The van der Waals surface area contributed by atoms with E-state index in [0.717, 1.165) is 17.9 Å². The minimum Gasteiger partial charge on any atom is -0.480 e. The molecule has 0 aliphatic rings. The maximum Gasteiger partial charge on any atom is 0.323 e. The molecule has 1 N–H and O–H groups in total. The van der Waals surface area contributed by atoms with Gasteiger partial charge in [0.05, 0.1) is 5.56 Å². The second-order valence-electron chi connectivity index (χ2n) is 4.95. The number of aromatic nitrogens is 1. The van der Waals surface area contributed by atoms with Crippen molar-refractivity contribution in [1.82, 2.24) is 9.47 Å².